The number of halogens is 1. The summed E-state index contributed by atoms with van der Waals surface area (Å²) < 4.78 is 0. The molecule has 5 heteroatoms. The van der Waals surface area contributed by atoms with E-state index in [1.165, 1.54) is 12.8 Å². The van der Waals surface area contributed by atoms with Gasteiger partial charge in [-0.1, -0.05) is 31.4 Å². The molecule has 1 heterocycles. The molecule has 2 N–H and O–H groups in total. The van der Waals surface area contributed by atoms with Crippen LogP contribution in [-0.2, 0) is 0 Å². The summed E-state index contributed by atoms with van der Waals surface area (Å²) >= 11 is 5.95. The lowest BCUT2D eigenvalue weighted by Gasteiger charge is -2.07. The second-order valence-electron chi connectivity index (χ2n) is 3.27. The monoisotopic (exact) mass is 228 g/mol. The molecule has 0 radical (unpaired) electrons. The van der Waals surface area contributed by atoms with E-state index in [0.717, 1.165) is 13.0 Å². The van der Waals surface area contributed by atoms with E-state index >= 15 is 0 Å². The Morgan fingerprint density at radius 1 is 1.40 bits per heavy atom. The number of nitrogens with zero attached hydrogens (tertiary/aromatic N) is 2. The fourth-order valence-corrected chi connectivity index (χ4v) is 1.35. The summed E-state index contributed by atoms with van der Waals surface area (Å²) in [6.45, 7) is 3.07. The zero-order valence-corrected chi connectivity index (χ0v) is 9.93. The second-order valence-corrected chi connectivity index (χ2v) is 3.68. The lowest BCUT2D eigenvalue weighted by molar-refractivity contribution is 0.742. The van der Waals surface area contributed by atoms with Crippen LogP contribution in [0.1, 0.15) is 26.2 Å². The van der Waals surface area contributed by atoms with Crippen molar-refractivity contribution in [2.75, 3.05) is 24.2 Å². The van der Waals surface area contributed by atoms with Gasteiger partial charge in [-0.3, -0.25) is 0 Å². The van der Waals surface area contributed by atoms with Gasteiger partial charge in [-0.15, -0.1) is 0 Å². The van der Waals surface area contributed by atoms with Crippen molar-refractivity contribution in [3.05, 3.63) is 11.2 Å². The van der Waals surface area contributed by atoms with Gasteiger partial charge in [-0.2, -0.15) is 4.98 Å². The first kappa shape index (κ1) is 12.0. The number of hydrogen-bond donors (Lipinski definition) is 2. The number of unbranched alkanes of at least 4 members (excludes halogenated alkanes) is 2. The summed E-state index contributed by atoms with van der Waals surface area (Å²) in [6.07, 6.45) is 5.16. The van der Waals surface area contributed by atoms with Gasteiger partial charge in [0.1, 0.15) is 10.8 Å². The Kier molecular flexibility index (Phi) is 5.18. The second kappa shape index (κ2) is 6.45. The molecule has 0 fully saturated rings. The summed E-state index contributed by atoms with van der Waals surface area (Å²) in [7, 11) is 1.78. The van der Waals surface area contributed by atoms with E-state index in [4.69, 9.17) is 11.6 Å². The minimum Gasteiger partial charge on any atom is -0.369 e. The third kappa shape index (κ3) is 3.91. The molecule has 84 valence electrons. The van der Waals surface area contributed by atoms with Gasteiger partial charge >= 0.3 is 0 Å². The highest BCUT2D eigenvalue weighted by Crippen LogP contribution is 2.19. The minimum atomic E-state index is 0.561. The highest BCUT2D eigenvalue weighted by Gasteiger charge is 2.03. The summed E-state index contributed by atoms with van der Waals surface area (Å²) in [6, 6.07) is 0. The average Bonchev–Trinajstić information content (AvgIpc) is 2.26. The quantitative estimate of drug-likeness (QED) is 0.736. The van der Waals surface area contributed by atoms with Crippen molar-refractivity contribution >= 4 is 23.4 Å². The number of hydrogen-bond acceptors (Lipinski definition) is 4. The smallest absolute Gasteiger partial charge is 0.224 e. The Labute approximate surface area is 95.5 Å². The zero-order chi connectivity index (χ0) is 11.1. The molecule has 0 unspecified atom stereocenters. The van der Waals surface area contributed by atoms with Crippen LogP contribution < -0.4 is 10.6 Å². The zero-order valence-electron chi connectivity index (χ0n) is 9.18. The molecule has 0 atom stereocenters. The van der Waals surface area contributed by atoms with Gasteiger partial charge in [-0.05, 0) is 6.42 Å². The summed E-state index contributed by atoms with van der Waals surface area (Å²) in [5.41, 5.74) is 0. The van der Waals surface area contributed by atoms with Crippen LogP contribution in [0, 0.1) is 0 Å². The number of anilines is 2. The molecule has 0 aromatic carbocycles. The summed E-state index contributed by atoms with van der Waals surface area (Å²) in [4.78, 5) is 8.23. The van der Waals surface area contributed by atoms with Crippen LogP contribution in [0.4, 0.5) is 11.8 Å². The summed E-state index contributed by atoms with van der Waals surface area (Å²) in [5, 5.41) is 6.64. The Hall–Kier alpha value is -1.03. The van der Waals surface area contributed by atoms with E-state index in [1.807, 2.05) is 0 Å². The van der Waals surface area contributed by atoms with Gasteiger partial charge in [0.25, 0.3) is 0 Å². The molecule has 0 aliphatic rings. The maximum absolute atomic E-state index is 5.95. The van der Waals surface area contributed by atoms with Crippen LogP contribution in [-0.4, -0.2) is 23.6 Å². The Morgan fingerprint density at radius 2 is 2.20 bits per heavy atom. The largest absolute Gasteiger partial charge is 0.369 e. The molecule has 0 bridgehead atoms. The predicted molar refractivity (Wildman–Crippen MR) is 64.6 cm³/mol. The van der Waals surface area contributed by atoms with Crippen LogP contribution in [0.15, 0.2) is 6.20 Å². The van der Waals surface area contributed by atoms with E-state index in [9.17, 15) is 0 Å². The van der Waals surface area contributed by atoms with Crippen LogP contribution in [0.2, 0.25) is 5.02 Å². The van der Waals surface area contributed by atoms with E-state index in [-0.39, 0.29) is 0 Å². The first-order valence-corrected chi connectivity index (χ1v) is 5.60. The standard InChI is InChI=1S/C10H17ClN4/c1-3-4-5-6-13-9-8(11)7-14-10(12-2)15-9/h7H,3-6H2,1-2H3,(H2,12,13,14,15). The van der Waals surface area contributed by atoms with Crippen molar-refractivity contribution in [3.63, 3.8) is 0 Å². The molecule has 1 rings (SSSR count). The van der Waals surface area contributed by atoms with Crippen LogP contribution in [0.25, 0.3) is 0 Å². The van der Waals surface area contributed by atoms with E-state index in [0.29, 0.717) is 16.8 Å². The number of nitrogens with one attached hydrogen (secondary N) is 2. The molecule has 0 saturated carbocycles. The third-order valence-electron chi connectivity index (χ3n) is 2.04. The van der Waals surface area contributed by atoms with Gasteiger partial charge in [0.15, 0.2) is 0 Å². The number of rotatable bonds is 6. The molecular formula is C10H17ClN4. The molecule has 4 nitrogen and oxygen atoms in total. The lowest BCUT2D eigenvalue weighted by atomic mass is 10.2. The van der Waals surface area contributed by atoms with Gasteiger partial charge in [-0.25, -0.2) is 4.98 Å². The van der Waals surface area contributed by atoms with Crippen molar-refractivity contribution < 1.29 is 0 Å². The van der Waals surface area contributed by atoms with Gasteiger partial charge in [0.05, 0.1) is 6.20 Å². The Morgan fingerprint density at radius 3 is 2.87 bits per heavy atom. The van der Waals surface area contributed by atoms with Gasteiger partial charge < -0.3 is 10.6 Å². The molecule has 0 amide bonds. The van der Waals surface area contributed by atoms with Crippen molar-refractivity contribution in [3.8, 4) is 0 Å². The predicted octanol–water partition coefficient (Wildman–Crippen LogP) is 2.77. The summed E-state index contributed by atoms with van der Waals surface area (Å²) in [5.74, 6) is 1.28. The van der Waals surface area contributed by atoms with Gasteiger partial charge in [0.2, 0.25) is 5.95 Å². The highest BCUT2D eigenvalue weighted by atomic mass is 35.5. The highest BCUT2D eigenvalue weighted by molar-refractivity contribution is 6.32. The van der Waals surface area contributed by atoms with Crippen molar-refractivity contribution in [1.82, 2.24) is 9.97 Å². The molecule has 1 aromatic rings. The molecule has 0 aliphatic carbocycles. The van der Waals surface area contributed by atoms with Gasteiger partial charge in [0, 0.05) is 13.6 Å². The fraction of sp³-hybridized carbons (Fsp3) is 0.600. The topological polar surface area (TPSA) is 49.8 Å². The van der Waals surface area contributed by atoms with Crippen molar-refractivity contribution in [1.29, 1.82) is 0 Å². The molecule has 0 saturated heterocycles. The third-order valence-corrected chi connectivity index (χ3v) is 2.32. The minimum absolute atomic E-state index is 0.561. The van der Waals surface area contributed by atoms with Crippen molar-refractivity contribution in [2.24, 2.45) is 0 Å². The van der Waals surface area contributed by atoms with E-state index in [2.05, 4.69) is 27.5 Å². The Balaban J connectivity index is 2.51. The molecule has 0 spiro atoms. The fourth-order valence-electron chi connectivity index (χ4n) is 1.19. The molecular weight excluding hydrogens is 212 g/mol. The lowest BCUT2D eigenvalue weighted by Crippen LogP contribution is -2.06. The maximum Gasteiger partial charge on any atom is 0.224 e. The maximum atomic E-state index is 5.95. The SMILES string of the molecule is CCCCCNc1nc(NC)ncc1Cl. The first-order chi connectivity index (χ1) is 7.27. The average molecular weight is 229 g/mol. The number of aromatic nitrogens is 2. The van der Waals surface area contributed by atoms with E-state index in [1.54, 1.807) is 13.2 Å². The Bertz CT molecular complexity index is 303. The van der Waals surface area contributed by atoms with Crippen molar-refractivity contribution in [2.45, 2.75) is 26.2 Å². The first-order valence-electron chi connectivity index (χ1n) is 5.22. The molecule has 15 heavy (non-hydrogen) atoms. The van der Waals surface area contributed by atoms with Crippen LogP contribution >= 0.6 is 11.6 Å². The van der Waals surface area contributed by atoms with E-state index < -0.39 is 0 Å². The molecule has 0 aliphatic heterocycles. The van der Waals surface area contributed by atoms with Crippen LogP contribution in [0.3, 0.4) is 0 Å². The van der Waals surface area contributed by atoms with Crippen LogP contribution in [0.5, 0.6) is 0 Å². The molecule has 1 aromatic heterocycles. The normalized spacial score (nSPS) is 10.1.